The molecule has 3 N–H and O–H groups in total. The zero-order valence-corrected chi connectivity index (χ0v) is 41.7. The van der Waals surface area contributed by atoms with Gasteiger partial charge in [-0.15, -0.1) is 0 Å². The van der Waals surface area contributed by atoms with E-state index < -0.39 is 37.4 Å². The minimum absolute atomic E-state index is 0.0656. The summed E-state index contributed by atoms with van der Waals surface area (Å²) in [5.41, 5.74) is 6.36. The summed E-state index contributed by atoms with van der Waals surface area (Å²) in [5.74, 6) is -3.10. The van der Waals surface area contributed by atoms with E-state index in [9.17, 15) is 32.1 Å². The van der Waals surface area contributed by atoms with Crippen molar-refractivity contribution in [2.45, 2.75) is 76.0 Å². The normalized spacial score (nSPS) is 20.2. The number of nitrogens with zero attached hydrogens (tertiary/aromatic N) is 6. The van der Waals surface area contributed by atoms with Gasteiger partial charge in [-0.1, -0.05) is 43.2 Å². The minimum Gasteiger partial charge on any atom is -0.476 e. The van der Waals surface area contributed by atoms with Crippen LogP contribution in [0.2, 0.25) is 5.02 Å². The van der Waals surface area contributed by atoms with Crippen LogP contribution in [0, 0.1) is 20.9 Å². The van der Waals surface area contributed by atoms with Gasteiger partial charge in [0.1, 0.15) is 17.0 Å². The number of likely N-dealkylation sites (tertiary alicyclic amines) is 1. The largest absolute Gasteiger partial charge is 0.476 e. The van der Waals surface area contributed by atoms with Gasteiger partial charge < -0.3 is 29.7 Å². The number of benzene rings is 3. The summed E-state index contributed by atoms with van der Waals surface area (Å²) >= 11 is 6.28. The van der Waals surface area contributed by atoms with Crippen molar-refractivity contribution in [1.29, 1.82) is 0 Å². The highest BCUT2D eigenvalue weighted by Gasteiger charge is 2.56. The van der Waals surface area contributed by atoms with Crippen molar-refractivity contribution < 1.29 is 31.7 Å². The molecular weight excluding hydrogens is 952 g/mol. The fourth-order valence-corrected chi connectivity index (χ4v) is 12.4. The third-order valence-electron chi connectivity index (χ3n) is 15.2. The van der Waals surface area contributed by atoms with Crippen LogP contribution < -0.4 is 24.6 Å². The van der Waals surface area contributed by atoms with Gasteiger partial charge in [0.25, 0.3) is 21.6 Å². The number of H-pyrrole nitrogens is 1. The van der Waals surface area contributed by atoms with Crippen LogP contribution in [-0.2, 0) is 10.0 Å². The first-order valence-electron chi connectivity index (χ1n) is 24.6. The van der Waals surface area contributed by atoms with Gasteiger partial charge >= 0.3 is 0 Å². The molecule has 5 aromatic rings. The molecule has 19 heteroatoms. The molecule has 15 nitrogen and oxygen atoms in total. The molecule has 3 aromatic carbocycles. The number of fused-ring (bicyclic) bond motifs is 2. The van der Waals surface area contributed by atoms with Crippen LogP contribution in [0.1, 0.15) is 81.1 Å². The number of rotatable bonds is 13. The predicted octanol–water partition coefficient (Wildman–Crippen LogP) is 9.87. The smallest absolute Gasteiger partial charge is 0.293 e. The third-order valence-corrected chi connectivity index (χ3v) is 16.8. The zero-order valence-electron chi connectivity index (χ0n) is 40.1. The lowest BCUT2D eigenvalue weighted by Crippen LogP contribution is -2.52. The summed E-state index contributed by atoms with van der Waals surface area (Å²) in [4.78, 5) is 42.4. The average Bonchev–Trinajstić information content (AvgIpc) is 3.69. The number of aromatic amines is 1. The second-order valence-electron chi connectivity index (χ2n) is 20.8. The molecule has 2 saturated heterocycles. The number of aromatic nitrogens is 2. The van der Waals surface area contributed by atoms with Crippen LogP contribution in [0.15, 0.2) is 89.5 Å². The molecule has 2 aliphatic carbocycles. The maximum atomic E-state index is 14.5. The van der Waals surface area contributed by atoms with Crippen LogP contribution in [0.4, 0.5) is 37.2 Å². The van der Waals surface area contributed by atoms with Crippen molar-refractivity contribution in [3.8, 4) is 5.88 Å². The molecule has 5 aliphatic rings. The summed E-state index contributed by atoms with van der Waals surface area (Å²) in [7, 11) is -4.63. The molecule has 3 aliphatic heterocycles. The number of alkyl halides is 2. The Balaban J connectivity index is 0.873. The van der Waals surface area contributed by atoms with Crippen molar-refractivity contribution in [3.05, 3.63) is 111 Å². The Kier molecular flexibility index (Phi) is 13.3. The van der Waals surface area contributed by atoms with E-state index in [-0.39, 0.29) is 34.9 Å². The van der Waals surface area contributed by atoms with E-state index in [0.717, 1.165) is 74.1 Å². The third kappa shape index (κ3) is 10.6. The maximum Gasteiger partial charge on any atom is 0.293 e. The van der Waals surface area contributed by atoms with E-state index >= 15 is 0 Å². The fraction of sp³-hybridized carbons (Fsp3) is 0.462. The molecule has 5 heterocycles. The summed E-state index contributed by atoms with van der Waals surface area (Å²) in [6.07, 6.45) is 6.78. The molecule has 3 fully saturated rings. The Hall–Kier alpha value is -5.82. The molecule has 0 radical (unpaired) electrons. The van der Waals surface area contributed by atoms with Crippen molar-refractivity contribution in [2.75, 3.05) is 87.2 Å². The van der Waals surface area contributed by atoms with E-state index in [4.69, 9.17) is 21.3 Å². The van der Waals surface area contributed by atoms with Crippen molar-refractivity contribution in [2.24, 2.45) is 10.8 Å². The average molecular weight is 1010 g/mol. The van der Waals surface area contributed by atoms with E-state index in [2.05, 4.69) is 55.7 Å². The highest BCUT2D eigenvalue weighted by Crippen LogP contribution is 2.57. The number of amides is 1. The van der Waals surface area contributed by atoms with Crippen molar-refractivity contribution in [1.82, 2.24) is 24.5 Å². The first-order chi connectivity index (χ1) is 33.9. The lowest BCUT2D eigenvalue weighted by Gasteiger charge is -2.51. The molecule has 0 bridgehead atoms. The first kappa shape index (κ1) is 48.8. The quantitative estimate of drug-likeness (QED) is 0.0755. The topological polar surface area (TPSA) is 169 Å². The number of hydrogen-bond donors (Lipinski definition) is 3. The number of nitro benzene ring substituents is 1. The molecule has 10 rings (SSSR count). The second kappa shape index (κ2) is 19.3. The van der Waals surface area contributed by atoms with Gasteiger partial charge in [0.2, 0.25) is 11.8 Å². The number of pyridine rings is 1. The number of carbonyl (C=O) groups excluding carboxylic acids is 1. The summed E-state index contributed by atoms with van der Waals surface area (Å²) in [5, 5.41) is 16.9. The number of piperazine rings is 1. The van der Waals surface area contributed by atoms with Gasteiger partial charge in [-0.05, 0) is 128 Å². The number of sulfonamides is 1. The van der Waals surface area contributed by atoms with Crippen LogP contribution in [0.5, 0.6) is 5.88 Å². The number of halogens is 3. The van der Waals surface area contributed by atoms with E-state index in [1.807, 2.05) is 41.3 Å². The Labute approximate surface area is 417 Å². The van der Waals surface area contributed by atoms with Crippen LogP contribution in [0.25, 0.3) is 16.6 Å². The molecule has 2 aromatic heterocycles. The minimum atomic E-state index is -4.63. The van der Waals surface area contributed by atoms with Crippen molar-refractivity contribution >= 4 is 72.6 Å². The molecular formula is C52H60ClF2N9O6S. The number of allylic oxidation sites excluding steroid dienone is 1. The summed E-state index contributed by atoms with van der Waals surface area (Å²) < 4.78 is 63.6. The molecule has 0 atom stereocenters. The van der Waals surface area contributed by atoms with Gasteiger partial charge in [0.15, 0.2) is 0 Å². The number of nitro groups is 1. The molecule has 71 heavy (non-hydrogen) atoms. The second-order valence-corrected chi connectivity index (χ2v) is 22.9. The Morgan fingerprint density at radius 2 is 1.68 bits per heavy atom. The molecule has 1 spiro atoms. The maximum absolute atomic E-state index is 14.5. The standard InChI is InChI=1S/C52H60ClF2N9O6S/c1-50(2)14-12-37(42(31-50)35-4-6-38(53)7-5-35)32-61-23-25-62(26-24-61)39-8-10-41(44(29-39)63-19-3-27-70-49-46(63)28-36-13-17-57-47(36)58-49)48(65)59-71(68,69)40-9-11-43(45(30-40)64(66)67)56-18-22-60-20-15-51(16-21-60)33-52(54,55)34-51/h4-11,13,17,28-30,56H,3,12,14-16,18-27,31-34H2,1-2H3,(H,57,58)(H,59,65). The van der Waals surface area contributed by atoms with Crippen molar-refractivity contribution in [3.63, 3.8) is 0 Å². The van der Waals surface area contributed by atoms with Gasteiger partial charge in [-0.3, -0.25) is 19.8 Å². The van der Waals surface area contributed by atoms with Crippen LogP contribution in [-0.4, -0.2) is 117 Å². The number of ether oxygens (including phenoxy) is 1. The zero-order chi connectivity index (χ0) is 49.7. The highest BCUT2D eigenvalue weighted by molar-refractivity contribution is 7.90. The Morgan fingerprint density at radius 3 is 2.41 bits per heavy atom. The Bertz CT molecular complexity index is 2980. The van der Waals surface area contributed by atoms with Gasteiger partial charge in [0, 0.05) is 93.6 Å². The number of nitrogens with one attached hydrogen (secondary N) is 3. The van der Waals surface area contributed by atoms with Gasteiger partial charge in [-0.25, -0.2) is 21.9 Å². The summed E-state index contributed by atoms with van der Waals surface area (Å²) in [6, 6.07) is 20.9. The predicted molar refractivity (Wildman–Crippen MR) is 273 cm³/mol. The van der Waals surface area contributed by atoms with Crippen LogP contribution in [0.3, 0.4) is 0 Å². The number of piperidine rings is 1. The number of carbonyl (C=O) groups is 1. The lowest BCUT2D eigenvalue weighted by atomic mass is 9.61. The lowest BCUT2D eigenvalue weighted by molar-refractivity contribution is -0.384. The number of hydrogen-bond acceptors (Lipinski definition) is 12. The molecule has 1 saturated carbocycles. The summed E-state index contributed by atoms with van der Waals surface area (Å²) in [6.45, 7) is 11.6. The fourth-order valence-electron chi connectivity index (χ4n) is 11.3. The van der Waals surface area contributed by atoms with Crippen LogP contribution >= 0.6 is 11.6 Å². The van der Waals surface area contributed by atoms with Gasteiger partial charge in [0.05, 0.1) is 27.7 Å². The molecule has 376 valence electrons. The number of anilines is 4. The van der Waals surface area contributed by atoms with E-state index in [1.165, 1.54) is 28.8 Å². The van der Waals surface area contributed by atoms with E-state index in [1.54, 1.807) is 12.3 Å². The SMILES string of the molecule is CC1(C)CCC(CN2CCN(c3ccc(C(=O)NS(=O)(=O)c4ccc(NCCN5CCC6(CC5)CC(F)(F)C6)c([N+](=O)[O-])c4)c(N4CCCOc5nc6[nH]ccc6cc54)c3)CC2)=C(c2ccc(Cl)cc2)C1. The first-order valence-corrected chi connectivity index (χ1v) is 26.4. The monoisotopic (exact) mass is 1010 g/mol. The molecule has 0 unspecified atom stereocenters. The molecule has 1 amide bonds. The van der Waals surface area contributed by atoms with E-state index in [0.29, 0.717) is 81.5 Å². The Morgan fingerprint density at radius 1 is 0.915 bits per heavy atom. The highest BCUT2D eigenvalue weighted by atomic mass is 35.5. The van der Waals surface area contributed by atoms with Gasteiger partial charge in [-0.2, -0.15) is 4.98 Å².